The highest BCUT2D eigenvalue weighted by atomic mass is 32.1. The van der Waals surface area contributed by atoms with Crippen molar-refractivity contribution in [2.24, 2.45) is 0 Å². The molecule has 1 aromatic carbocycles. The molecule has 1 aliphatic heterocycles. The van der Waals surface area contributed by atoms with Crippen LogP contribution in [0.4, 0.5) is 0 Å². The van der Waals surface area contributed by atoms with Gasteiger partial charge in [0.05, 0.1) is 10.7 Å². The standard InChI is InChI=1S/C16H19N3OS/c1-11-15(16(20)19-13-7-8-17-10-13)21-14(18-11)9-12-5-3-2-4-6-12/h2-6,13,17H,7-10H2,1H3,(H,19,20). The van der Waals surface area contributed by atoms with E-state index in [0.717, 1.165) is 41.5 Å². The lowest BCUT2D eigenvalue weighted by Gasteiger charge is -2.09. The van der Waals surface area contributed by atoms with Gasteiger partial charge in [-0.05, 0) is 25.5 Å². The van der Waals surface area contributed by atoms with Gasteiger partial charge < -0.3 is 10.6 Å². The first-order valence-corrected chi connectivity index (χ1v) is 8.06. The summed E-state index contributed by atoms with van der Waals surface area (Å²) < 4.78 is 0. The van der Waals surface area contributed by atoms with Gasteiger partial charge in [-0.1, -0.05) is 30.3 Å². The summed E-state index contributed by atoms with van der Waals surface area (Å²) in [5, 5.41) is 7.33. The van der Waals surface area contributed by atoms with Crippen molar-refractivity contribution in [3.05, 3.63) is 51.5 Å². The molecule has 5 heteroatoms. The second kappa shape index (κ2) is 6.37. The topological polar surface area (TPSA) is 54.0 Å². The highest BCUT2D eigenvalue weighted by Gasteiger charge is 2.21. The summed E-state index contributed by atoms with van der Waals surface area (Å²) in [5.74, 6) is 0.0120. The van der Waals surface area contributed by atoms with Crippen LogP contribution < -0.4 is 10.6 Å². The summed E-state index contributed by atoms with van der Waals surface area (Å²) in [7, 11) is 0. The van der Waals surface area contributed by atoms with E-state index in [-0.39, 0.29) is 11.9 Å². The maximum Gasteiger partial charge on any atom is 0.263 e. The molecule has 0 aliphatic carbocycles. The van der Waals surface area contributed by atoms with Gasteiger partial charge in [-0.3, -0.25) is 4.79 Å². The Morgan fingerprint density at radius 1 is 1.43 bits per heavy atom. The minimum Gasteiger partial charge on any atom is -0.347 e. The molecule has 110 valence electrons. The van der Waals surface area contributed by atoms with Crippen molar-refractivity contribution in [1.29, 1.82) is 0 Å². The SMILES string of the molecule is Cc1nc(Cc2ccccc2)sc1C(=O)NC1CCNC1. The molecular weight excluding hydrogens is 282 g/mol. The molecule has 3 rings (SSSR count). The van der Waals surface area contributed by atoms with E-state index in [9.17, 15) is 4.79 Å². The van der Waals surface area contributed by atoms with E-state index in [0.29, 0.717) is 0 Å². The summed E-state index contributed by atoms with van der Waals surface area (Å²) in [4.78, 5) is 17.6. The zero-order valence-electron chi connectivity index (χ0n) is 12.1. The highest BCUT2D eigenvalue weighted by molar-refractivity contribution is 7.13. The fourth-order valence-corrected chi connectivity index (χ4v) is 3.54. The minimum absolute atomic E-state index is 0.0120. The number of carbonyl (C=O) groups excluding carboxylic acids is 1. The monoisotopic (exact) mass is 301 g/mol. The molecule has 2 N–H and O–H groups in total. The van der Waals surface area contributed by atoms with Gasteiger partial charge in [0, 0.05) is 19.0 Å². The molecule has 1 aromatic heterocycles. The fourth-order valence-electron chi connectivity index (χ4n) is 2.54. The molecule has 2 aromatic rings. The van der Waals surface area contributed by atoms with E-state index in [1.54, 1.807) is 0 Å². The molecule has 4 nitrogen and oxygen atoms in total. The molecule has 1 amide bonds. The predicted molar refractivity (Wildman–Crippen MR) is 84.8 cm³/mol. The Morgan fingerprint density at radius 2 is 2.24 bits per heavy atom. The smallest absolute Gasteiger partial charge is 0.263 e. The second-order valence-corrected chi connectivity index (χ2v) is 6.43. The van der Waals surface area contributed by atoms with Crippen LogP contribution in [-0.2, 0) is 6.42 Å². The zero-order valence-corrected chi connectivity index (χ0v) is 12.9. The number of rotatable bonds is 4. The number of hydrogen-bond acceptors (Lipinski definition) is 4. The third kappa shape index (κ3) is 3.49. The Bertz CT molecular complexity index is 618. The van der Waals surface area contributed by atoms with Crippen molar-refractivity contribution in [2.75, 3.05) is 13.1 Å². The van der Waals surface area contributed by atoms with Crippen molar-refractivity contribution >= 4 is 17.2 Å². The lowest BCUT2D eigenvalue weighted by molar-refractivity contribution is 0.0943. The largest absolute Gasteiger partial charge is 0.347 e. The molecule has 0 saturated carbocycles. The number of nitrogens with one attached hydrogen (secondary N) is 2. The van der Waals surface area contributed by atoms with Crippen LogP contribution in [0.25, 0.3) is 0 Å². The van der Waals surface area contributed by atoms with Crippen molar-refractivity contribution in [3.63, 3.8) is 0 Å². The summed E-state index contributed by atoms with van der Waals surface area (Å²) in [5.41, 5.74) is 2.05. The van der Waals surface area contributed by atoms with Crippen molar-refractivity contribution in [1.82, 2.24) is 15.6 Å². The maximum atomic E-state index is 12.3. The summed E-state index contributed by atoms with van der Waals surface area (Å²) in [6.45, 7) is 3.75. The fraction of sp³-hybridized carbons (Fsp3) is 0.375. The third-order valence-corrected chi connectivity index (χ3v) is 4.80. The lowest BCUT2D eigenvalue weighted by Crippen LogP contribution is -2.36. The molecule has 1 saturated heterocycles. The number of aryl methyl sites for hydroxylation is 1. The van der Waals surface area contributed by atoms with Crippen molar-refractivity contribution < 1.29 is 4.79 Å². The average molecular weight is 301 g/mol. The molecular formula is C16H19N3OS. The first kappa shape index (κ1) is 14.2. The molecule has 1 fully saturated rings. The third-order valence-electron chi connectivity index (χ3n) is 3.64. The van der Waals surface area contributed by atoms with Gasteiger partial charge in [-0.15, -0.1) is 11.3 Å². The van der Waals surface area contributed by atoms with Crippen LogP contribution >= 0.6 is 11.3 Å². The first-order chi connectivity index (χ1) is 10.2. The number of thiazole rings is 1. The number of amides is 1. The van der Waals surface area contributed by atoms with E-state index >= 15 is 0 Å². The number of carbonyl (C=O) groups is 1. The Balaban J connectivity index is 1.70. The first-order valence-electron chi connectivity index (χ1n) is 7.24. The molecule has 21 heavy (non-hydrogen) atoms. The van der Waals surface area contributed by atoms with E-state index in [4.69, 9.17) is 0 Å². The van der Waals surface area contributed by atoms with Crippen LogP contribution in [0.3, 0.4) is 0 Å². The zero-order chi connectivity index (χ0) is 14.7. The molecule has 0 radical (unpaired) electrons. The quantitative estimate of drug-likeness (QED) is 0.909. The number of benzene rings is 1. The van der Waals surface area contributed by atoms with Gasteiger partial charge in [-0.2, -0.15) is 0 Å². The summed E-state index contributed by atoms with van der Waals surface area (Å²) >= 11 is 1.50. The van der Waals surface area contributed by atoms with Crippen LogP contribution in [0.15, 0.2) is 30.3 Å². The highest BCUT2D eigenvalue weighted by Crippen LogP contribution is 2.21. The van der Waals surface area contributed by atoms with Crippen LogP contribution in [-0.4, -0.2) is 30.0 Å². The van der Waals surface area contributed by atoms with Crippen LogP contribution in [0.5, 0.6) is 0 Å². The van der Waals surface area contributed by atoms with E-state index in [1.807, 2.05) is 25.1 Å². The van der Waals surface area contributed by atoms with Crippen molar-refractivity contribution in [3.8, 4) is 0 Å². The Hall–Kier alpha value is -1.72. The van der Waals surface area contributed by atoms with Gasteiger partial charge in [-0.25, -0.2) is 4.98 Å². The maximum absolute atomic E-state index is 12.3. The normalized spacial score (nSPS) is 17.9. The van der Waals surface area contributed by atoms with Crippen LogP contribution in [0, 0.1) is 6.92 Å². The predicted octanol–water partition coefficient (Wildman–Crippen LogP) is 2.13. The number of aromatic nitrogens is 1. The second-order valence-electron chi connectivity index (χ2n) is 5.35. The van der Waals surface area contributed by atoms with Gasteiger partial charge in [0.25, 0.3) is 5.91 Å². The summed E-state index contributed by atoms with van der Waals surface area (Å²) in [6, 6.07) is 10.5. The molecule has 0 spiro atoms. The van der Waals surface area contributed by atoms with Gasteiger partial charge in [0.15, 0.2) is 0 Å². The summed E-state index contributed by atoms with van der Waals surface area (Å²) in [6.07, 6.45) is 1.78. The average Bonchev–Trinajstić information content (AvgIpc) is 3.10. The van der Waals surface area contributed by atoms with Gasteiger partial charge in [0.2, 0.25) is 0 Å². The van der Waals surface area contributed by atoms with E-state index < -0.39 is 0 Å². The minimum atomic E-state index is 0.0120. The molecule has 2 heterocycles. The Kier molecular flexibility index (Phi) is 4.31. The Morgan fingerprint density at radius 3 is 2.95 bits per heavy atom. The molecule has 1 atom stereocenters. The number of nitrogens with zero attached hydrogens (tertiary/aromatic N) is 1. The Labute approximate surface area is 128 Å². The van der Waals surface area contributed by atoms with E-state index in [1.165, 1.54) is 16.9 Å². The van der Waals surface area contributed by atoms with Crippen molar-refractivity contribution in [2.45, 2.75) is 25.8 Å². The van der Waals surface area contributed by atoms with Crippen LogP contribution in [0.2, 0.25) is 0 Å². The van der Waals surface area contributed by atoms with Crippen LogP contribution in [0.1, 0.15) is 32.4 Å². The number of hydrogen-bond donors (Lipinski definition) is 2. The van der Waals surface area contributed by atoms with Gasteiger partial charge >= 0.3 is 0 Å². The molecule has 1 unspecified atom stereocenters. The lowest BCUT2D eigenvalue weighted by atomic mass is 10.2. The van der Waals surface area contributed by atoms with E-state index in [2.05, 4.69) is 27.8 Å². The molecule has 1 aliphatic rings. The van der Waals surface area contributed by atoms with Gasteiger partial charge in [0.1, 0.15) is 4.88 Å². The molecule has 0 bridgehead atoms.